The number of amides is 1. The first-order valence-corrected chi connectivity index (χ1v) is 12.8. The van der Waals surface area contributed by atoms with Gasteiger partial charge in [0.2, 0.25) is 11.7 Å². The fraction of sp³-hybridized carbons (Fsp3) is 0.148. The van der Waals surface area contributed by atoms with Crippen LogP contribution in [0.5, 0.6) is 11.6 Å². The number of halogens is 4. The number of aromatic nitrogens is 2. The van der Waals surface area contributed by atoms with E-state index in [1.807, 2.05) is 0 Å². The first-order chi connectivity index (χ1) is 19.0. The second kappa shape index (κ2) is 11.9. The number of carbonyl (C=O) groups excluding carboxylic acids is 1. The van der Waals surface area contributed by atoms with Gasteiger partial charge in [-0.15, -0.1) is 0 Å². The number of rotatable bonds is 8. The van der Waals surface area contributed by atoms with Gasteiger partial charge in [0.1, 0.15) is 11.6 Å². The van der Waals surface area contributed by atoms with Crippen LogP contribution in [0.1, 0.15) is 27.3 Å². The quantitative estimate of drug-likeness (QED) is 0.149. The van der Waals surface area contributed by atoms with Crippen LogP contribution in [0.4, 0.5) is 17.6 Å². The molecule has 2 N–H and O–H groups in total. The molecule has 13 heteroatoms. The molecule has 0 saturated carbocycles. The number of ether oxygens (including phenoxy) is 1. The van der Waals surface area contributed by atoms with Crippen molar-refractivity contribution in [2.45, 2.75) is 18.9 Å². The first-order valence-electron chi connectivity index (χ1n) is 11.5. The van der Waals surface area contributed by atoms with Gasteiger partial charge < -0.3 is 9.29 Å². The molecular formula is C27H21F4N3O5S. The molecule has 1 unspecified atom stereocenters. The number of aryl methyl sites for hydroxylation is 1. The van der Waals surface area contributed by atoms with Crippen LogP contribution in [0.25, 0.3) is 22.4 Å². The van der Waals surface area contributed by atoms with Gasteiger partial charge in [0.05, 0.1) is 24.1 Å². The van der Waals surface area contributed by atoms with Gasteiger partial charge in [0.25, 0.3) is 5.91 Å². The Kier molecular flexibility index (Phi) is 8.57. The van der Waals surface area contributed by atoms with Crippen molar-refractivity contribution in [1.82, 2.24) is 15.4 Å². The van der Waals surface area contributed by atoms with Crippen molar-refractivity contribution in [2.75, 3.05) is 7.11 Å². The molecule has 0 bridgehead atoms. The second-order valence-corrected chi connectivity index (χ2v) is 9.39. The Labute approximate surface area is 228 Å². The molecule has 4 rings (SSSR count). The van der Waals surface area contributed by atoms with Crippen molar-refractivity contribution in [2.24, 2.45) is 0 Å². The van der Waals surface area contributed by atoms with E-state index >= 15 is 0 Å². The second-order valence-electron chi connectivity index (χ2n) is 8.46. The Hall–Kier alpha value is -4.20. The van der Waals surface area contributed by atoms with E-state index in [0.717, 1.165) is 12.1 Å². The van der Waals surface area contributed by atoms with Gasteiger partial charge in [-0.1, -0.05) is 36.4 Å². The van der Waals surface area contributed by atoms with Crippen LogP contribution in [0.2, 0.25) is 0 Å². The lowest BCUT2D eigenvalue weighted by atomic mass is 9.99. The Morgan fingerprint density at radius 1 is 1.00 bits per heavy atom. The van der Waals surface area contributed by atoms with Crippen LogP contribution in [0.15, 0.2) is 66.7 Å². The van der Waals surface area contributed by atoms with E-state index in [0.29, 0.717) is 11.1 Å². The van der Waals surface area contributed by atoms with Gasteiger partial charge in [-0.3, -0.25) is 9.63 Å². The highest BCUT2D eigenvalue weighted by molar-refractivity contribution is 7.78. The normalized spacial score (nSPS) is 12.2. The molecule has 1 aromatic heterocycles. The average molecular weight is 576 g/mol. The van der Waals surface area contributed by atoms with Crippen molar-refractivity contribution in [3.63, 3.8) is 0 Å². The summed E-state index contributed by atoms with van der Waals surface area (Å²) in [6.07, 6.45) is -4.95. The highest BCUT2D eigenvalue weighted by Gasteiger charge is 2.37. The molecule has 1 heterocycles. The number of alkyl halides is 3. The molecule has 4 aromatic rings. The van der Waals surface area contributed by atoms with Gasteiger partial charge in [-0.05, 0) is 53.9 Å². The summed E-state index contributed by atoms with van der Waals surface area (Å²) in [6, 6.07) is 15.1. The number of hydrogen-bond acceptors (Lipinski definition) is 6. The predicted octanol–water partition coefficient (Wildman–Crippen LogP) is 6.08. The number of nitrogens with one attached hydrogen (secondary N) is 1. The van der Waals surface area contributed by atoms with E-state index in [9.17, 15) is 26.6 Å². The third-order valence-electron chi connectivity index (χ3n) is 5.62. The molecule has 1 atom stereocenters. The van der Waals surface area contributed by atoms with Crippen molar-refractivity contribution in [3.05, 3.63) is 95.1 Å². The van der Waals surface area contributed by atoms with Gasteiger partial charge in [-0.25, -0.2) is 19.1 Å². The highest BCUT2D eigenvalue weighted by Crippen LogP contribution is 2.42. The lowest BCUT2D eigenvalue weighted by molar-refractivity contribution is -0.145. The number of hydrogen-bond donors (Lipinski definition) is 2. The lowest BCUT2D eigenvalue weighted by Crippen LogP contribution is -2.21. The maximum Gasteiger partial charge on any atom is 0.451 e. The standard InChI is InChI=1S/C27H21F4N3O5S/c1-15-13-19(24(35)34-38-2)9-12-21(15)39-25-22(17-7-10-20(28)11-8-17)23(32-26(33-25)27(29,30)31)18-5-3-16(4-6-18)14-40(36)37/h3-13H,14H2,1-2H3,(H,34,35)(H,36,37). The fourth-order valence-corrected chi connectivity index (χ4v) is 4.27. The monoisotopic (exact) mass is 575 g/mol. The van der Waals surface area contributed by atoms with Gasteiger partial charge >= 0.3 is 6.18 Å². The molecule has 8 nitrogen and oxygen atoms in total. The van der Waals surface area contributed by atoms with E-state index in [1.165, 1.54) is 61.7 Å². The molecule has 208 valence electrons. The topological polar surface area (TPSA) is 111 Å². The minimum Gasteiger partial charge on any atom is -0.438 e. The van der Waals surface area contributed by atoms with Gasteiger partial charge in [0.15, 0.2) is 11.1 Å². The largest absolute Gasteiger partial charge is 0.451 e. The van der Waals surface area contributed by atoms with E-state index in [1.54, 1.807) is 6.92 Å². The zero-order chi connectivity index (χ0) is 29.0. The summed E-state index contributed by atoms with van der Waals surface area (Å²) in [6.45, 7) is 1.59. The molecule has 40 heavy (non-hydrogen) atoms. The number of benzene rings is 3. The third kappa shape index (κ3) is 6.68. The summed E-state index contributed by atoms with van der Waals surface area (Å²) in [4.78, 5) is 24.2. The Morgan fingerprint density at radius 3 is 2.23 bits per heavy atom. The zero-order valence-electron chi connectivity index (χ0n) is 21.0. The number of hydroxylamine groups is 1. The smallest absolute Gasteiger partial charge is 0.438 e. The van der Waals surface area contributed by atoms with Crippen molar-refractivity contribution >= 4 is 17.0 Å². The molecule has 0 radical (unpaired) electrons. The summed E-state index contributed by atoms with van der Waals surface area (Å²) in [5.41, 5.74) is 3.66. The molecule has 0 aliphatic rings. The summed E-state index contributed by atoms with van der Waals surface area (Å²) in [7, 11) is 1.27. The summed E-state index contributed by atoms with van der Waals surface area (Å²) < 4.78 is 81.8. The molecule has 3 aromatic carbocycles. The lowest BCUT2D eigenvalue weighted by Gasteiger charge is -2.18. The molecule has 0 spiro atoms. The Morgan fingerprint density at radius 2 is 1.65 bits per heavy atom. The van der Waals surface area contributed by atoms with Gasteiger partial charge in [-0.2, -0.15) is 18.2 Å². The maximum absolute atomic E-state index is 13.9. The van der Waals surface area contributed by atoms with Crippen LogP contribution >= 0.6 is 0 Å². The van der Waals surface area contributed by atoms with E-state index in [-0.39, 0.29) is 39.5 Å². The van der Waals surface area contributed by atoms with Crippen molar-refractivity contribution < 1.29 is 40.7 Å². The summed E-state index contributed by atoms with van der Waals surface area (Å²) >= 11 is -2.12. The predicted molar refractivity (Wildman–Crippen MR) is 138 cm³/mol. The Bertz CT molecular complexity index is 1560. The fourth-order valence-electron chi connectivity index (χ4n) is 3.79. The summed E-state index contributed by atoms with van der Waals surface area (Å²) in [5.74, 6) is -3.10. The van der Waals surface area contributed by atoms with E-state index < -0.39 is 40.7 Å². The van der Waals surface area contributed by atoms with Gasteiger partial charge in [0, 0.05) is 11.1 Å². The maximum atomic E-state index is 13.9. The zero-order valence-corrected chi connectivity index (χ0v) is 21.8. The van der Waals surface area contributed by atoms with E-state index in [2.05, 4.69) is 20.3 Å². The minimum atomic E-state index is -4.95. The van der Waals surface area contributed by atoms with Crippen LogP contribution < -0.4 is 10.2 Å². The molecule has 1 amide bonds. The average Bonchev–Trinajstić information content (AvgIpc) is 2.90. The molecule has 0 fully saturated rings. The Balaban J connectivity index is 1.92. The summed E-state index contributed by atoms with van der Waals surface area (Å²) in [5, 5.41) is 0. The minimum absolute atomic E-state index is 0.0482. The van der Waals surface area contributed by atoms with Crippen molar-refractivity contribution in [3.8, 4) is 34.0 Å². The first kappa shape index (κ1) is 28.8. The third-order valence-corrected chi connectivity index (χ3v) is 6.20. The van der Waals surface area contributed by atoms with Crippen LogP contribution in [0, 0.1) is 12.7 Å². The highest BCUT2D eigenvalue weighted by atomic mass is 32.2. The van der Waals surface area contributed by atoms with E-state index in [4.69, 9.17) is 9.29 Å². The van der Waals surface area contributed by atoms with Crippen LogP contribution in [-0.2, 0) is 27.8 Å². The molecule has 0 aliphatic carbocycles. The van der Waals surface area contributed by atoms with Crippen molar-refractivity contribution in [1.29, 1.82) is 0 Å². The SMILES string of the molecule is CONC(=O)c1ccc(Oc2nc(C(F)(F)F)nc(-c3ccc(CS(=O)O)cc3)c2-c2ccc(F)cc2)c(C)c1. The molecular weight excluding hydrogens is 554 g/mol. The van der Waals surface area contributed by atoms with Crippen LogP contribution in [0.3, 0.4) is 0 Å². The molecule has 0 saturated heterocycles. The van der Waals surface area contributed by atoms with Crippen LogP contribution in [-0.4, -0.2) is 31.7 Å². The number of nitrogens with zero attached hydrogens (tertiary/aromatic N) is 2. The number of carbonyl (C=O) groups is 1. The molecule has 0 aliphatic heterocycles.